The van der Waals surface area contributed by atoms with Gasteiger partial charge in [-0.1, -0.05) is 0 Å². The second kappa shape index (κ2) is 3.26. The third-order valence-electron chi connectivity index (χ3n) is 0.594. The molecule has 0 saturated heterocycles. The Balaban J connectivity index is 3.14. The molecular weight excluding hydrogens is 114 g/mol. The Bertz CT molecular complexity index is 50.2. The van der Waals surface area contributed by atoms with Crippen LogP contribution in [0.4, 0.5) is 0 Å². The van der Waals surface area contributed by atoms with Crippen molar-refractivity contribution in [3.63, 3.8) is 0 Å². The molecule has 0 fully saturated rings. The van der Waals surface area contributed by atoms with E-state index in [1.54, 1.807) is 0 Å². The molecule has 0 amide bonds. The van der Waals surface area contributed by atoms with E-state index in [0.717, 1.165) is 0 Å². The second-order valence-corrected chi connectivity index (χ2v) is 1.63. The van der Waals surface area contributed by atoms with Crippen LogP contribution in [0.1, 0.15) is 0 Å². The van der Waals surface area contributed by atoms with Crippen LogP contribution in [0.5, 0.6) is 0 Å². The minimum atomic E-state index is -1.43. The number of hydrogen-bond donors (Lipinski definition) is 4. The monoisotopic (exact) mass is 123 g/mol. The molecule has 7 heavy (non-hydrogen) atoms. The summed E-state index contributed by atoms with van der Waals surface area (Å²) in [5.74, 6) is 0.289. The second-order valence-electron chi connectivity index (χ2n) is 1.26. The molecule has 0 aliphatic rings. The molecule has 4 heteroatoms. The third kappa shape index (κ3) is 2.87. The van der Waals surface area contributed by atoms with Crippen molar-refractivity contribution in [1.29, 1.82) is 0 Å². The van der Waals surface area contributed by atoms with Gasteiger partial charge in [-0.2, -0.15) is 12.6 Å². The van der Waals surface area contributed by atoms with Gasteiger partial charge < -0.3 is 15.9 Å². The summed E-state index contributed by atoms with van der Waals surface area (Å²) >= 11 is 3.71. The molecule has 0 radical (unpaired) electrons. The highest BCUT2D eigenvalue weighted by molar-refractivity contribution is 7.80. The molecule has 1 atom stereocenters. The maximum Gasteiger partial charge on any atom is 0.167 e. The van der Waals surface area contributed by atoms with Gasteiger partial charge in [-0.15, -0.1) is 0 Å². The van der Waals surface area contributed by atoms with E-state index in [1.165, 1.54) is 0 Å². The Morgan fingerprint density at radius 2 is 2.00 bits per heavy atom. The molecule has 0 aliphatic carbocycles. The maximum atomic E-state index is 8.20. The van der Waals surface area contributed by atoms with Crippen molar-refractivity contribution in [3.05, 3.63) is 0 Å². The van der Waals surface area contributed by atoms with E-state index in [1.807, 2.05) is 0 Å². The van der Waals surface area contributed by atoms with E-state index >= 15 is 0 Å². The van der Waals surface area contributed by atoms with Gasteiger partial charge in [0.2, 0.25) is 0 Å². The van der Waals surface area contributed by atoms with Crippen LogP contribution in [0.25, 0.3) is 0 Å². The lowest BCUT2D eigenvalue weighted by Crippen LogP contribution is -2.35. The molecule has 0 bridgehead atoms. The minimum absolute atomic E-state index is 0.289. The van der Waals surface area contributed by atoms with Gasteiger partial charge in [0.05, 0.1) is 6.04 Å². The van der Waals surface area contributed by atoms with E-state index in [4.69, 9.17) is 15.9 Å². The minimum Gasteiger partial charge on any atom is -0.367 e. The van der Waals surface area contributed by atoms with Gasteiger partial charge in [0, 0.05) is 5.75 Å². The molecule has 0 unspecified atom stereocenters. The summed E-state index contributed by atoms with van der Waals surface area (Å²) in [7, 11) is 0. The predicted molar refractivity (Wildman–Crippen MR) is 30.1 cm³/mol. The molecule has 0 aromatic carbocycles. The molecule has 0 rings (SSSR count). The predicted octanol–water partition coefficient (Wildman–Crippen LogP) is -1.45. The number of rotatable bonds is 2. The Morgan fingerprint density at radius 1 is 1.57 bits per heavy atom. The molecule has 0 saturated carbocycles. The fourth-order valence-corrected chi connectivity index (χ4v) is 0.283. The quantitative estimate of drug-likeness (QED) is 0.268. The van der Waals surface area contributed by atoms with Gasteiger partial charge >= 0.3 is 0 Å². The summed E-state index contributed by atoms with van der Waals surface area (Å²) in [6.45, 7) is 0. The normalized spacial score (nSPS) is 15.0. The third-order valence-corrected chi connectivity index (χ3v) is 1.02. The lowest BCUT2D eigenvalue weighted by atomic mass is 10.4. The zero-order chi connectivity index (χ0) is 5.86. The summed E-state index contributed by atoms with van der Waals surface area (Å²) in [5, 5.41) is 16.4. The lowest BCUT2D eigenvalue weighted by molar-refractivity contribution is -0.0526. The summed E-state index contributed by atoms with van der Waals surface area (Å²) in [4.78, 5) is 0. The summed E-state index contributed by atoms with van der Waals surface area (Å²) in [5.41, 5.74) is 5.04. The van der Waals surface area contributed by atoms with Crippen molar-refractivity contribution >= 4 is 12.6 Å². The van der Waals surface area contributed by atoms with Crippen LogP contribution in [-0.4, -0.2) is 28.3 Å². The SMILES string of the molecule is N[C@H](CS)C(O)O. The van der Waals surface area contributed by atoms with Crippen LogP contribution in [-0.2, 0) is 0 Å². The van der Waals surface area contributed by atoms with Crippen LogP contribution in [0.15, 0.2) is 0 Å². The van der Waals surface area contributed by atoms with E-state index in [9.17, 15) is 0 Å². The topological polar surface area (TPSA) is 66.5 Å². The Kier molecular flexibility index (Phi) is 3.37. The van der Waals surface area contributed by atoms with E-state index in [-0.39, 0.29) is 5.75 Å². The first-order valence-corrected chi connectivity index (χ1v) is 2.54. The Labute approximate surface area is 47.6 Å². The summed E-state index contributed by atoms with van der Waals surface area (Å²) in [6, 6.07) is -0.622. The van der Waals surface area contributed by atoms with E-state index in [2.05, 4.69) is 12.6 Å². The average molecular weight is 123 g/mol. The number of nitrogens with two attached hydrogens (primary N) is 1. The van der Waals surface area contributed by atoms with Crippen molar-refractivity contribution in [2.45, 2.75) is 12.3 Å². The molecule has 4 N–H and O–H groups in total. The zero-order valence-corrected chi connectivity index (χ0v) is 4.68. The maximum absolute atomic E-state index is 8.20. The molecule has 3 nitrogen and oxygen atoms in total. The molecular formula is C3H9NO2S. The van der Waals surface area contributed by atoms with Crippen molar-refractivity contribution in [2.24, 2.45) is 5.73 Å². The number of aliphatic hydroxyl groups excluding tert-OH is 1. The highest BCUT2D eigenvalue weighted by Crippen LogP contribution is 1.85. The van der Waals surface area contributed by atoms with Crippen molar-refractivity contribution < 1.29 is 10.2 Å². The summed E-state index contributed by atoms with van der Waals surface area (Å²) in [6.07, 6.45) is -1.43. The highest BCUT2D eigenvalue weighted by Gasteiger charge is 2.06. The Morgan fingerprint density at radius 3 is 2.00 bits per heavy atom. The van der Waals surface area contributed by atoms with Crippen molar-refractivity contribution in [2.75, 3.05) is 5.75 Å². The molecule has 0 aromatic rings. The average Bonchev–Trinajstić information content (AvgIpc) is 1.65. The molecule has 0 aliphatic heterocycles. The molecule has 0 aromatic heterocycles. The Hall–Kier alpha value is 0.230. The van der Waals surface area contributed by atoms with Gasteiger partial charge in [-0.25, -0.2) is 0 Å². The van der Waals surface area contributed by atoms with E-state index in [0.29, 0.717) is 0 Å². The van der Waals surface area contributed by atoms with Crippen molar-refractivity contribution in [1.82, 2.24) is 0 Å². The van der Waals surface area contributed by atoms with Crippen LogP contribution in [0, 0.1) is 0 Å². The van der Waals surface area contributed by atoms with Crippen LogP contribution in [0.2, 0.25) is 0 Å². The van der Waals surface area contributed by atoms with Gasteiger partial charge in [0.15, 0.2) is 6.29 Å². The first-order chi connectivity index (χ1) is 3.18. The molecule has 44 valence electrons. The first-order valence-electron chi connectivity index (χ1n) is 1.91. The smallest absolute Gasteiger partial charge is 0.167 e. The van der Waals surface area contributed by atoms with Gasteiger partial charge in [-0.3, -0.25) is 0 Å². The van der Waals surface area contributed by atoms with Crippen LogP contribution in [0.3, 0.4) is 0 Å². The summed E-state index contributed by atoms with van der Waals surface area (Å²) < 4.78 is 0. The van der Waals surface area contributed by atoms with Gasteiger partial charge in [0.1, 0.15) is 0 Å². The van der Waals surface area contributed by atoms with Crippen molar-refractivity contribution in [3.8, 4) is 0 Å². The standard InChI is InChI=1S/C3H9NO2S/c4-2(1-7)3(5)6/h2-3,5-7H,1,4H2/t2-/m1/s1. The molecule has 0 heterocycles. The molecule has 0 spiro atoms. The number of thiol groups is 1. The fourth-order valence-electron chi connectivity index (χ4n) is 0.0943. The number of hydrogen-bond acceptors (Lipinski definition) is 4. The first kappa shape index (κ1) is 7.23. The van der Waals surface area contributed by atoms with Gasteiger partial charge in [0.25, 0.3) is 0 Å². The lowest BCUT2D eigenvalue weighted by Gasteiger charge is -2.08. The van der Waals surface area contributed by atoms with Gasteiger partial charge in [-0.05, 0) is 0 Å². The highest BCUT2D eigenvalue weighted by atomic mass is 32.1. The number of aliphatic hydroxyl groups is 2. The van der Waals surface area contributed by atoms with E-state index < -0.39 is 12.3 Å². The van der Waals surface area contributed by atoms with Crippen LogP contribution >= 0.6 is 12.6 Å². The largest absolute Gasteiger partial charge is 0.367 e. The zero-order valence-electron chi connectivity index (χ0n) is 3.78. The fraction of sp³-hybridized carbons (Fsp3) is 1.00. The van der Waals surface area contributed by atoms with Crippen LogP contribution < -0.4 is 5.73 Å².